The molecular weight excluding hydrogens is 254 g/mol. The quantitative estimate of drug-likeness (QED) is 0.888. The number of nitrogen functional groups attached to an aromatic ring is 1. The van der Waals surface area contributed by atoms with Crippen LogP contribution in [0.1, 0.15) is 30.9 Å². The third kappa shape index (κ3) is 2.45. The van der Waals surface area contributed by atoms with Crippen molar-refractivity contribution in [3.05, 3.63) is 17.1 Å². The van der Waals surface area contributed by atoms with Gasteiger partial charge in [0.25, 0.3) is 0 Å². The van der Waals surface area contributed by atoms with E-state index in [9.17, 15) is 4.79 Å². The molecule has 0 atom stereocenters. The summed E-state index contributed by atoms with van der Waals surface area (Å²) in [6, 6.07) is 0.118. The lowest BCUT2D eigenvalue weighted by Crippen LogP contribution is -2.33. The summed E-state index contributed by atoms with van der Waals surface area (Å²) < 4.78 is 1.90. The summed E-state index contributed by atoms with van der Waals surface area (Å²) in [5, 5.41) is 3.73. The molecule has 6 nitrogen and oxygen atoms in total. The molecule has 108 valence electrons. The van der Waals surface area contributed by atoms with Gasteiger partial charge in [-0.25, -0.2) is 9.97 Å². The summed E-state index contributed by atoms with van der Waals surface area (Å²) >= 11 is 0. The van der Waals surface area contributed by atoms with E-state index in [1.165, 1.54) is 0 Å². The number of rotatable bonds is 3. The number of hydrogen-bond acceptors (Lipinski definition) is 4. The number of anilines is 1. The van der Waals surface area contributed by atoms with Crippen LogP contribution in [0.15, 0.2) is 0 Å². The van der Waals surface area contributed by atoms with Gasteiger partial charge in [0.2, 0.25) is 5.91 Å². The zero-order valence-corrected chi connectivity index (χ0v) is 12.6. The molecular formula is C14H21N5O. The van der Waals surface area contributed by atoms with Crippen molar-refractivity contribution in [2.24, 2.45) is 0 Å². The van der Waals surface area contributed by atoms with Gasteiger partial charge in [-0.15, -0.1) is 0 Å². The van der Waals surface area contributed by atoms with Crippen molar-refractivity contribution in [1.29, 1.82) is 0 Å². The van der Waals surface area contributed by atoms with Crippen LogP contribution in [0, 0.1) is 20.8 Å². The van der Waals surface area contributed by atoms with E-state index in [0.29, 0.717) is 11.6 Å². The summed E-state index contributed by atoms with van der Waals surface area (Å²) in [4.78, 5) is 20.6. The molecule has 0 bridgehead atoms. The first-order chi connectivity index (χ1) is 9.31. The highest BCUT2D eigenvalue weighted by Crippen LogP contribution is 2.27. The molecule has 6 heteroatoms. The smallest absolute Gasteiger partial charge is 0.240 e. The van der Waals surface area contributed by atoms with Crippen LogP contribution >= 0.6 is 0 Å². The second kappa shape index (κ2) is 5.11. The minimum Gasteiger partial charge on any atom is -0.383 e. The third-order valence-corrected chi connectivity index (χ3v) is 3.36. The summed E-state index contributed by atoms with van der Waals surface area (Å²) in [7, 11) is 0. The minimum atomic E-state index is -0.0326. The highest BCUT2D eigenvalue weighted by Gasteiger charge is 2.18. The Morgan fingerprint density at radius 1 is 1.30 bits per heavy atom. The number of nitrogens with one attached hydrogen (secondary N) is 1. The van der Waals surface area contributed by atoms with Gasteiger partial charge in [0.05, 0.1) is 5.39 Å². The van der Waals surface area contributed by atoms with Crippen LogP contribution in [0.25, 0.3) is 11.0 Å². The monoisotopic (exact) mass is 275 g/mol. The largest absolute Gasteiger partial charge is 0.383 e. The van der Waals surface area contributed by atoms with Crippen LogP contribution in [0.2, 0.25) is 0 Å². The standard InChI is InChI=1S/C14H21N5O/c1-7(2)16-11(20)6-19-9(4)8(3)12-13(15)17-10(5)18-14(12)19/h7H,6H2,1-5H3,(H,16,20)(H2,15,17,18). The van der Waals surface area contributed by atoms with Gasteiger partial charge < -0.3 is 15.6 Å². The van der Waals surface area contributed by atoms with Gasteiger partial charge >= 0.3 is 0 Å². The average Bonchev–Trinajstić information content (AvgIpc) is 2.53. The fourth-order valence-electron chi connectivity index (χ4n) is 2.38. The third-order valence-electron chi connectivity index (χ3n) is 3.36. The normalized spacial score (nSPS) is 11.3. The Morgan fingerprint density at radius 3 is 2.55 bits per heavy atom. The van der Waals surface area contributed by atoms with E-state index in [4.69, 9.17) is 5.73 Å². The second-order valence-corrected chi connectivity index (χ2v) is 5.37. The van der Waals surface area contributed by atoms with Gasteiger partial charge in [-0.1, -0.05) is 0 Å². The van der Waals surface area contributed by atoms with Crippen molar-refractivity contribution < 1.29 is 4.79 Å². The number of hydrogen-bond donors (Lipinski definition) is 2. The van der Waals surface area contributed by atoms with Crippen molar-refractivity contribution in [3.8, 4) is 0 Å². The molecule has 0 saturated heterocycles. The van der Waals surface area contributed by atoms with E-state index in [1.807, 2.05) is 32.3 Å². The number of carbonyl (C=O) groups is 1. The van der Waals surface area contributed by atoms with Crippen LogP contribution < -0.4 is 11.1 Å². The van der Waals surface area contributed by atoms with Crippen molar-refractivity contribution in [3.63, 3.8) is 0 Å². The first-order valence-electron chi connectivity index (χ1n) is 6.70. The number of carbonyl (C=O) groups excluding carboxylic acids is 1. The lowest BCUT2D eigenvalue weighted by Gasteiger charge is -2.11. The Bertz CT molecular complexity index is 672. The van der Waals surface area contributed by atoms with E-state index in [2.05, 4.69) is 15.3 Å². The lowest BCUT2D eigenvalue weighted by molar-refractivity contribution is -0.122. The number of amides is 1. The van der Waals surface area contributed by atoms with Crippen molar-refractivity contribution in [2.75, 3.05) is 5.73 Å². The Hall–Kier alpha value is -2.11. The van der Waals surface area contributed by atoms with Gasteiger partial charge in [-0.2, -0.15) is 0 Å². The average molecular weight is 275 g/mol. The van der Waals surface area contributed by atoms with E-state index in [1.54, 1.807) is 6.92 Å². The van der Waals surface area contributed by atoms with Gasteiger partial charge in [-0.05, 0) is 40.2 Å². The van der Waals surface area contributed by atoms with Gasteiger partial charge in [0.1, 0.15) is 23.8 Å². The number of aryl methyl sites for hydroxylation is 2. The van der Waals surface area contributed by atoms with E-state index in [-0.39, 0.29) is 18.5 Å². The second-order valence-electron chi connectivity index (χ2n) is 5.37. The Labute approximate surface area is 118 Å². The van der Waals surface area contributed by atoms with Gasteiger partial charge in [0.15, 0.2) is 0 Å². The van der Waals surface area contributed by atoms with Crippen LogP contribution in [-0.2, 0) is 11.3 Å². The summed E-state index contributed by atoms with van der Waals surface area (Å²) in [6.07, 6.45) is 0. The molecule has 0 spiro atoms. The van der Waals surface area contributed by atoms with Gasteiger partial charge in [-0.3, -0.25) is 4.79 Å². The van der Waals surface area contributed by atoms with Gasteiger partial charge in [0, 0.05) is 11.7 Å². The summed E-state index contributed by atoms with van der Waals surface area (Å²) in [5.41, 5.74) is 8.73. The summed E-state index contributed by atoms with van der Waals surface area (Å²) in [5.74, 6) is 1.05. The van der Waals surface area contributed by atoms with Crippen LogP contribution in [0.5, 0.6) is 0 Å². The molecule has 0 aliphatic carbocycles. The fourth-order valence-corrected chi connectivity index (χ4v) is 2.38. The molecule has 0 saturated carbocycles. The predicted molar refractivity (Wildman–Crippen MR) is 79.4 cm³/mol. The molecule has 2 rings (SSSR count). The number of nitrogens with zero attached hydrogens (tertiary/aromatic N) is 3. The number of fused-ring (bicyclic) bond motifs is 1. The maximum absolute atomic E-state index is 12.0. The first-order valence-corrected chi connectivity index (χ1v) is 6.70. The van der Waals surface area contributed by atoms with Crippen LogP contribution in [-0.4, -0.2) is 26.5 Å². The number of nitrogens with two attached hydrogens (primary N) is 1. The zero-order valence-electron chi connectivity index (χ0n) is 12.6. The molecule has 2 aromatic rings. The Balaban J connectivity index is 2.53. The summed E-state index contributed by atoms with van der Waals surface area (Å²) in [6.45, 7) is 9.86. The molecule has 2 heterocycles. The highest BCUT2D eigenvalue weighted by atomic mass is 16.2. The van der Waals surface area contributed by atoms with Crippen molar-refractivity contribution in [2.45, 2.75) is 47.2 Å². The van der Waals surface area contributed by atoms with E-state index in [0.717, 1.165) is 22.3 Å². The Kier molecular flexibility index (Phi) is 3.65. The minimum absolute atomic E-state index is 0.0326. The highest BCUT2D eigenvalue weighted by molar-refractivity contribution is 5.92. The zero-order chi connectivity index (χ0) is 15.0. The Morgan fingerprint density at radius 2 is 1.95 bits per heavy atom. The molecule has 0 aromatic carbocycles. The molecule has 0 unspecified atom stereocenters. The topological polar surface area (TPSA) is 85.8 Å². The maximum Gasteiger partial charge on any atom is 0.240 e. The molecule has 0 aliphatic rings. The molecule has 2 aromatic heterocycles. The molecule has 3 N–H and O–H groups in total. The molecule has 0 radical (unpaired) electrons. The van der Waals surface area contributed by atoms with Crippen molar-refractivity contribution >= 4 is 22.8 Å². The van der Waals surface area contributed by atoms with E-state index >= 15 is 0 Å². The fraction of sp³-hybridized carbons (Fsp3) is 0.500. The van der Waals surface area contributed by atoms with Crippen LogP contribution in [0.4, 0.5) is 5.82 Å². The molecule has 0 aliphatic heterocycles. The first kappa shape index (κ1) is 14.3. The SMILES string of the molecule is Cc1nc(N)c2c(C)c(C)n(CC(=O)NC(C)C)c2n1. The molecule has 20 heavy (non-hydrogen) atoms. The van der Waals surface area contributed by atoms with E-state index < -0.39 is 0 Å². The van der Waals surface area contributed by atoms with Crippen LogP contribution in [0.3, 0.4) is 0 Å². The lowest BCUT2D eigenvalue weighted by atomic mass is 10.2. The predicted octanol–water partition coefficient (Wildman–Crippen LogP) is 1.46. The molecule has 1 amide bonds. The number of aromatic nitrogens is 3. The van der Waals surface area contributed by atoms with Crippen molar-refractivity contribution in [1.82, 2.24) is 19.9 Å². The molecule has 0 fully saturated rings. The maximum atomic E-state index is 12.0.